The number of likely N-dealkylation sites (N-methyl/N-ethyl adjacent to an activating group) is 1. The van der Waals surface area contributed by atoms with E-state index in [2.05, 4.69) is 30.1 Å². The normalized spacial score (nSPS) is 19.5. The van der Waals surface area contributed by atoms with Crippen LogP contribution in [0.4, 0.5) is 0 Å². The van der Waals surface area contributed by atoms with Gasteiger partial charge < -0.3 is 10.1 Å². The molecule has 4 heteroatoms. The number of aryl methyl sites for hydroxylation is 1. The zero-order valence-electron chi connectivity index (χ0n) is 12.4. The lowest BCUT2D eigenvalue weighted by molar-refractivity contribution is 0.0725. The van der Waals surface area contributed by atoms with E-state index in [0.717, 1.165) is 32.8 Å². The monoisotopic (exact) mass is 282 g/mol. The molecule has 1 unspecified atom stereocenters. The maximum atomic E-state index is 5.75. The molecular formula is C15H26N2OS. The number of nitrogens with zero attached hydrogens (tertiary/aromatic N) is 1. The molecule has 1 aromatic heterocycles. The SMILES string of the molecule is CCN(Cc1cc(CNC)sc1C)CC1CCCO1. The fourth-order valence-corrected chi connectivity index (χ4v) is 3.69. The Morgan fingerprint density at radius 3 is 3.00 bits per heavy atom. The zero-order valence-corrected chi connectivity index (χ0v) is 13.2. The van der Waals surface area contributed by atoms with E-state index < -0.39 is 0 Å². The molecule has 1 aromatic rings. The van der Waals surface area contributed by atoms with Gasteiger partial charge in [-0.15, -0.1) is 11.3 Å². The first-order valence-electron chi connectivity index (χ1n) is 7.29. The molecule has 2 heterocycles. The summed E-state index contributed by atoms with van der Waals surface area (Å²) >= 11 is 1.91. The van der Waals surface area contributed by atoms with Crippen LogP contribution in [0.1, 0.15) is 35.1 Å². The molecule has 0 spiro atoms. The van der Waals surface area contributed by atoms with Crippen molar-refractivity contribution >= 4 is 11.3 Å². The second-order valence-electron chi connectivity index (χ2n) is 5.29. The fourth-order valence-electron chi connectivity index (χ4n) is 2.63. The van der Waals surface area contributed by atoms with Crippen molar-refractivity contribution < 1.29 is 4.74 Å². The highest BCUT2D eigenvalue weighted by Gasteiger charge is 2.19. The van der Waals surface area contributed by atoms with E-state index in [9.17, 15) is 0 Å². The third-order valence-electron chi connectivity index (χ3n) is 3.75. The van der Waals surface area contributed by atoms with Crippen molar-refractivity contribution in [3.8, 4) is 0 Å². The van der Waals surface area contributed by atoms with Gasteiger partial charge in [-0.2, -0.15) is 0 Å². The molecule has 0 amide bonds. The Bertz CT molecular complexity index is 385. The van der Waals surface area contributed by atoms with Crippen LogP contribution in [0, 0.1) is 6.92 Å². The lowest BCUT2D eigenvalue weighted by atomic mass is 10.2. The molecular weight excluding hydrogens is 256 g/mol. The van der Waals surface area contributed by atoms with Gasteiger partial charge in [0.05, 0.1) is 6.10 Å². The maximum absolute atomic E-state index is 5.75. The van der Waals surface area contributed by atoms with Crippen LogP contribution in [0.25, 0.3) is 0 Å². The summed E-state index contributed by atoms with van der Waals surface area (Å²) in [6.07, 6.45) is 2.91. The molecule has 19 heavy (non-hydrogen) atoms. The number of nitrogens with one attached hydrogen (secondary N) is 1. The van der Waals surface area contributed by atoms with E-state index in [0.29, 0.717) is 6.10 Å². The van der Waals surface area contributed by atoms with Crippen molar-refractivity contribution in [2.75, 3.05) is 26.7 Å². The average molecular weight is 282 g/mol. The first kappa shape index (κ1) is 15.0. The van der Waals surface area contributed by atoms with Gasteiger partial charge in [0, 0.05) is 36.0 Å². The predicted octanol–water partition coefficient (Wildman–Crippen LogP) is 2.78. The minimum atomic E-state index is 0.454. The Balaban J connectivity index is 1.92. The molecule has 0 saturated carbocycles. The van der Waals surface area contributed by atoms with Crippen LogP contribution >= 0.6 is 11.3 Å². The van der Waals surface area contributed by atoms with Crippen LogP contribution in [0.3, 0.4) is 0 Å². The van der Waals surface area contributed by atoms with Crippen molar-refractivity contribution in [1.29, 1.82) is 0 Å². The van der Waals surface area contributed by atoms with E-state index in [1.54, 1.807) is 0 Å². The van der Waals surface area contributed by atoms with Crippen molar-refractivity contribution in [3.63, 3.8) is 0 Å². The number of hydrogen-bond donors (Lipinski definition) is 1. The molecule has 0 aliphatic carbocycles. The second kappa shape index (κ2) is 7.39. The van der Waals surface area contributed by atoms with Crippen molar-refractivity contribution in [2.24, 2.45) is 0 Å². The van der Waals surface area contributed by atoms with Gasteiger partial charge in [0.1, 0.15) is 0 Å². The van der Waals surface area contributed by atoms with Crippen LogP contribution in [0.2, 0.25) is 0 Å². The van der Waals surface area contributed by atoms with E-state index in [1.165, 1.54) is 28.2 Å². The number of thiophene rings is 1. The maximum Gasteiger partial charge on any atom is 0.0702 e. The highest BCUT2D eigenvalue weighted by Crippen LogP contribution is 2.23. The Labute approximate surface area is 121 Å². The molecule has 0 aromatic carbocycles. The molecule has 1 fully saturated rings. The highest BCUT2D eigenvalue weighted by atomic mass is 32.1. The summed E-state index contributed by atoms with van der Waals surface area (Å²) in [6.45, 7) is 9.63. The Morgan fingerprint density at radius 2 is 2.37 bits per heavy atom. The van der Waals surface area contributed by atoms with Crippen LogP contribution in [0.5, 0.6) is 0 Å². The van der Waals surface area contributed by atoms with Crippen molar-refractivity contribution in [1.82, 2.24) is 10.2 Å². The van der Waals surface area contributed by atoms with Gasteiger partial charge in [-0.05, 0) is 45.0 Å². The Hall–Kier alpha value is -0.420. The van der Waals surface area contributed by atoms with E-state index in [1.807, 2.05) is 18.4 Å². The summed E-state index contributed by atoms with van der Waals surface area (Å²) in [7, 11) is 2.00. The smallest absolute Gasteiger partial charge is 0.0702 e. The van der Waals surface area contributed by atoms with Gasteiger partial charge in [0.15, 0.2) is 0 Å². The summed E-state index contributed by atoms with van der Waals surface area (Å²) in [5.41, 5.74) is 1.48. The third-order valence-corrected chi connectivity index (χ3v) is 4.84. The predicted molar refractivity (Wildman–Crippen MR) is 81.7 cm³/mol. The van der Waals surface area contributed by atoms with E-state index in [-0.39, 0.29) is 0 Å². The quantitative estimate of drug-likeness (QED) is 0.832. The number of hydrogen-bond acceptors (Lipinski definition) is 4. The highest BCUT2D eigenvalue weighted by molar-refractivity contribution is 7.12. The van der Waals surface area contributed by atoms with Crippen LogP contribution in [0.15, 0.2) is 6.07 Å². The van der Waals surface area contributed by atoms with Gasteiger partial charge >= 0.3 is 0 Å². The molecule has 2 rings (SSSR count). The molecule has 1 aliphatic rings. The number of rotatable bonds is 7. The summed E-state index contributed by atoms with van der Waals surface area (Å²) in [6, 6.07) is 2.36. The Morgan fingerprint density at radius 1 is 1.53 bits per heavy atom. The second-order valence-corrected chi connectivity index (χ2v) is 6.63. The minimum absolute atomic E-state index is 0.454. The lowest BCUT2D eigenvalue weighted by Gasteiger charge is -2.23. The molecule has 1 aliphatic heterocycles. The molecule has 1 atom stereocenters. The van der Waals surface area contributed by atoms with Gasteiger partial charge in [0.2, 0.25) is 0 Å². The summed E-state index contributed by atoms with van der Waals surface area (Å²) < 4.78 is 5.75. The minimum Gasteiger partial charge on any atom is -0.377 e. The largest absolute Gasteiger partial charge is 0.377 e. The molecule has 0 bridgehead atoms. The summed E-state index contributed by atoms with van der Waals surface area (Å²) in [5.74, 6) is 0. The van der Waals surface area contributed by atoms with Gasteiger partial charge in [-0.25, -0.2) is 0 Å². The third kappa shape index (κ3) is 4.28. The van der Waals surface area contributed by atoms with Gasteiger partial charge in [-0.3, -0.25) is 4.90 Å². The van der Waals surface area contributed by atoms with E-state index >= 15 is 0 Å². The summed E-state index contributed by atoms with van der Waals surface area (Å²) in [4.78, 5) is 5.40. The van der Waals surface area contributed by atoms with Gasteiger partial charge in [0.25, 0.3) is 0 Å². The first-order chi connectivity index (χ1) is 9.22. The standard InChI is InChI=1S/C15H26N2OS/c1-4-17(11-14-6-5-7-18-14)10-13-8-15(9-16-3)19-12(13)2/h8,14,16H,4-7,9-11H2,1-3H3. The summed E-state index contributed by atoms with van der Waals surface area (Å²) in [5, 5.41) is 3.23. The lowest BCUT2D eigenvalue weighted by Crippen LogP contribution is -2.31. The molecule has 0 radical (unpaired) electrons. The van der Waals surface area contributed by atoms with Crippen molar-refractivity contribution in [2.45, 2.75) is 45.9 Å². The molecule has 3 nitrogen and oxygen atoms in total. The fraction of sp³-hybridized carbons (Fsp3) is 0.733. The molecule has 1 N–H and O–H groups in total. The first-order valence-corrected chi connectivity index (χ1v) is 8.11. The molecule has 1 saturated heterocycles. The zero-order chi connectivity index (χ0) is 13.7. The van der Waals surface area contributed by atoms with Crippen molar-refractivity contribution in [3.05, 3.63) is 21.4 Å². The van der Waals surface area contributed by atoms with Crippen LogP contribution in [-0.4, -0.2) is 37.7 Å². The Kier molecular flexibility index (Phi) is 5.82. The van der Waals surface area contributed by atoms with Gasteiger partial charge in [-0.1, -0.05) is 6.92 Å². The van der Waals surface area contributed by atoms with Crippen LogP contribution in [-0.2, 0) is 17.8 Å². The number of ether oxygens (including phenoxy) is 1. The van der Waals surface area contributed by atoms with Crippen LogP contribution < -0.4 is 5.32 Å². The topological polar surface area (TPSA) is 24.5 Å². The molecule has 108 valence electrons. The van der Waals surface area contributed by atoms with E-state index in [4.69, 9.17) is 4.74 Å². The average Bonchev–Trinajstić information content (AvgIpc) is 3.00.